The summed E-state index contributed by atoms with van der Waals surface area (Å²) in [5, 5.41) is 0. The molecule has 2 N–H and O–H groups in total. The minimum Gasteiger partial charge on any atom is -0.361 e. The summed E-state index contributed by atoms with van der Waals surface area (Å²) in [5.41, 5.74) is 5.96. The third-order valence-corrected chi connectivity index (χ3v) is 4.25. The van der Waals surface area contributed by atoms with Gasteiger partial charge in [-0.3, -0.25) is 9.59 Å². The molecule has 2 aliphatic heterocycles. The average Bonchev–Trinajstić information content (AvgIpc) is 2.35. The molecule has 4 atom stereocenters. The van der Waals surface area contributed by atoms with Gasteiger partial charge < -0.3 is 25.0 Å². The van der Waals surface area contributed by atoms with Gasteiger partial charge in [0.05, 0.1) is 12.0 Å². The number of carbonyl (C=O) groups excluding carboxylic acids is 2. The standard InChI is InChI=1S/C13H23N3O4/c1-8(12(17)15-6-4-9(15)19-2)11(14)13(18)16-7-5-10(16)20-3/h8-11H,4-7,14H2,1-3H3. The van der Waals surface area contributed by atoms with Gasteiger partial charge in [0.25, 0.3) is 0 Å². The van der Waals surface area contributed by atoms with Gasteiger partial charge in [-0.2, -0.15) is 0 Å². The number of hydrogen-bond donors (Lipinski definition) is 1. The summed E-state index contributed by atoms with van der Waals surface area (Å²) in [6, 6.07) is -0.835. The molecule has 2 heterocycles. The fourth-order valence-electron chi connectivity index (χ4n) is 2.54. The molecule has 2 rings (SSSR count). The van der Waals surface area contributed by atoms with Crippen molar-refractivity contribution in [3.05, 3.63) is 0 Å². The number of ether oxygens (including phenoxy) is 2. The van der Waals surface area contributed by atoms with E-state index in [1.807, 2.05) is 0 Å². The van der Waals surface area contributed by atoms with Crippen LogP contribution in [0.5, 0.6) is 0 Å². The molecule has 0 radical (unpaired) electrons. The molecule has 7 heteroatoms. The Morgan fingerprint density at radius 1 is 1.05 bits per heavy atom. The second kappa shape index (κ2) is 6.07. The number of methoxy groups -OCH3 is 2. The molecule has 2 aliphatic rings. The lowest BCUT2D eigenvalue weighted by Crippen LogP contribution is -2.61. The van der Waals surface area contributed by atoms with Crippen LogP contribution >= 0.6 is 0 Å². The third-order valence-electron chi connectivity index (χ3n) is 4.25. The van der Waals surface area contributed by atoms with Crippen molar-refractivity contribution in [3.8, 4) is 0 Å². The van der Waals surface area contributed by atoms with Crippen LogP contribution < -0.4 is 5.73 Å². The van der Waals surface area contributed by atoms with Crippen LogP contribution in [-0.2, 0) is 19.1 Å². The Morgan fingerprint density at radius 3 is 1.85 bits per heavy atom. The number of amides is 2. The van der Waals surface area contributed by atoms with Gasteiger partial charge in [0.2, 0.25) is 11.8 Å². The van der Waals surface area contributed by atoms with Gasteiger partial charge in [-0.1, -0.05) is 6.92 Å². The van der Waals surface area contributed by atoms with E-state index in [1.54, 1.807) is 30.9 Å². The first-order chi connectivity index (χ1) is 9.51. The topological polar surface area (TPSA) is 85.1 Å². The molecule has 0 aromatic carbocycles. The molecule has 7 nitrogen and oxygen atoms in total. The summed E-state index contributed by atoms with van der Waals surface area (Å²) in [6.45, 7) is 2.99. The molecular formula is C13H23N3O4. The van der Waals surface area contributed by atoms with Gasteiger partial charge in [0.15, 0.2) is 0 Å². The molecule has 0 aliphatic carbocycles. The quantitative estimate of drug-likeness (QED) is 0.726. The van der Waals surface area contributed by atoms with Crippen molar-refractivity contribution in [2.75, 3.05) is 27.3 Å². The van der Waals surface area contributed by atoms with Gasteiger partial charge in [-0.25, -0.2) is 0 Å². The van der Waals surface area contributed by atoms with E-state index < -0.39 is 12.0 Å². The van der Waals surface area contributed by atoms with E-state index in [2.05, 4.69) is 0 Å². The van der Waals surface area contributed by atoms with Crippen LogP contribution in [0.15, 0.2) is 0 Å². The van der Waals surface area contributed by atoms with E-state index in [4.69, 9.17) is 15.2 Å². The second-order valence-electron chi connectivity index (χ2n) is 5.34. The Morgan fingerprint density at radius 2 is 1.50 bits per heavy atom. The van der Waals surface area contributed by atoms with Crippen LogP contribution in [0.1, 0.15) is 19.8 Å². The number of likely N-dealkylation sites (tertiary alicyclic amines) is 2. The maximum atomic E-state index is 12.3. The summed E-state index contributed by atoms with van der Waals surface area (Å²) in [5.74, 6) is -0.907. The number of nitrogens with zero attached hydrogens (tertiary/aromatic N) is 2. The minimum absolute atomic E-state index is 0.126. The fourth-order valence-corrected chi connectivity index (χ4v) is 2.54. The SMILES string of the molecule is COC1CCN1C(=O)C(C)C(N)C(=O)N1CCC1OC. The summed E-state index contributed by atoms with van der Waals surface area (Å²) in [7, 11) is 3.14. The molecule has 114 valence electrons. The predicted octanol–water partition coefficient (Wildman–Crippen LogP) is -0.641. The van der Waals surface area contributed by atoms with Crippen molar-refractivity contribution in [2.24, 2.45) is 11.7 Å². The lowest BCUT2D eigenvalue weighted by Gasteiger charge is -2.44. The van der Waals surface area contributed by atoms with Crippen molar-refractivity contribution in [2.45, 2.75) is 38.3 Å². The molecule has 4 unspecified atom stereocenters. The zero-order chi connectivity index (χ0) is 14.9. The molecule has 0 bridgehead atoms. The van der Waals surface area contributed by atoms with Gasteiger partial charge in [0, 0.05) is 40.2 Å². The molecule has 0 aromatic heterocycles. The Balaban J connectivity index is 1.92. The molecule has 2 saturated heterocycles. The Hall–Kier alpha value is -1.18. The first-order valence-corrected chi connectivity index (χ1v) is 6.93. The Labute approximate surface area is 119 Å². The van der Waals surface area contributed by atoms with Crippen LogP contribution in [0.4, 0.5) is 0 Å². The van der Waals surface area contributed by atoms with Gasteiger partial charge in [0.1, 0.15) is 12.5 Å². The first-order valence-electron chi connectivity index (χ1n) is 6.93. The molecular weight excluding hydrogens is 262 g/mol. The van der Waals surface area contributed by atoms with Crippen molar-refractivity contribution < 1.29 is 19.1 Å². The third kappa shape index (κ3) is 2.53. The van der Waals surface area contributed by atoms with Crippen LogP contribution in [0.25, 0.3) is 0 Å². The minimum atomic E-state index is -0.835. The largest absolute Gasteiger partial charge is 0.361 e. The number of rotatable bonds is 5. The molecule has 20 heavy (non-hydrogen) atoms. The highest BCUT2D eigenvalue weighted by molar-refractivity contribution is 5.90. The fraction of sp³-hybridized carbons (Fsp3) is 0.846. The summed E-state index contributed by atoms with van der Waals surface area (Å²) in [4.78, 5) is 27.7. The average molecular weight is 285 g/mol. The zero-order valence-electron chi connectivity index (χ0n) is 12.2. The van der Waals surface area contributed by atoms with Gasteiger partial charge in [-0.15, -0.1) is 0 Å². The maximum Gasteiger partial charge on any atom is 0.242 e. The lowest BCUT2D eigenvalue weighted by atomic mass is 9.96. The summed E-state index contributed by atoms with van der Waals surface area (Å²) >= 11 is 0. The van der Waals surface area contributed by atoms with Gasteiger partial charge in [-0.05, 0) is 0 Å². The van der Waals surface area contributed by atoms with Crippen LogP contribution in [0.3, 0.4) is 0 Å². The highest BCUT2D eigenvalue weighted by Crippen LogP contribution is 2.24. The molecule has 0 spiro atoms. The van der Waals surface area contributed by atoms with Gasteiger partial charge >= 0.3 is 0 Å². The highest BCUT2D eigenvalue weighted by Gasteiger charge is 2.41. The summed E-state index contributed by atoms with van der Waals surface area (Å²) in [6.07, 6.45) is 1.26. The second-order valence-corrected chi connectivity index (χ2v) is 5.34. The maximum absolute atomic E-state index is 12.3. The van der Waals surface area contributed by atoms with Crippen molar-refractivity contribution in [3.63, 3.8) is 0 Å². The van der Waals surface area contributed by atoms with E-state index in [9.17, 15) is 9.59 Å². The molecule has 0 aromatic rings. The van der Waals surface area contributed by atoms with E-state index in [1.165, 1.54) is 0 Å². The first kappa shape index (κ1) is 15.2. The van der Waals surface area contributed by atoms with Crippen molar-refractivity contribution >= 4 is 11.8 Å². The Bertz CT molecular complexity index is 350. The van der Waals surface area contributed by atoms with E-state index in [-0.39, 0.29) is 24.3 Å². The Kier molecular flexibility index (Phi) is 4.62. The number of nitrogens with two attached hydrogens (primary N) is 1. The lowest BCUT2D eigenvalue weighted by molar-refractivity contribution is -0.171. The normalized spacial score (nSPS) is 28.4. The molecule has 2 fully saturated rings. The van der Waals surface area contributed by atoms with Crippen LogP contribution in [-0.4, -0.2) is 67.4 Å². The number of hydrogen-bond acceptors (Lipinski definition) is 5. The highest BCUT2D eigenvalue weighted by atomic mass is 16.5. The van der Waals surface area contributed by atoms with Crippen molar-refractivity contribution in [1.29, 1.82) is 0 Å². The van der Waals surface area contributed by atoms with E-state index in [0.29, 0.717) is 13.1 Å². The zero-order valence-corrected chi connectivity index (χ0v) is 12.2. The van der Waals surface area contributed by atoms with Crippen LogP contribution in [0, 0.1) is 5.92 Å². The summed E-state index contributed by atoms with van der Waals surface area (Å²) < 4.78 is 10.3. The van der Waals surface area contributed by atoms with Crippen molar-refractivity contribution in [1.82, 2.24) is 9.80 Å². The smallest absolute Gasteiger partial charge is 0.242 e. The number of carbonyl (C=O) groups is 2. The predicted molar refractivity (Wildman–Crippen MR) is 71.4 cm³/mol. The van der Waals surface area contributed by atoms with E-state index in [0.717, 1.165) is 12.8 Å². The molecule has 0 saturated carbocycles. The molecule has 2 amide bonds. The van der Waals surface area contributed by atoms with Crippen LogP contribution in [0.2, 0.25) is 0 Å². The van der Waals surface area contributed by atoms with E-state index >= 15 is 0 Å². The monoisotopic (exact) mass is 285 g/mol.